The van der Waals surface area contributed by atoms with E-state index in [1.54, 1.807) is 0 Å². The summed E-state index contributed by atoms with van der Waals surface area (Å²) >= 11 is 13.5. The molecule has 1 unspecified atom stereocenters. The van der Waals surface area contributed by atoms with E-state index in [2.05, 4.69) is 6.07 Å². The molecule has 0 spiro atoms. The fourth-order valence-electron chi connectivity index (χ4n) is 1.79. The van der Waals surface area contributed by atoms with Crippen LogP contribution in [0.5, 0.6) is 0 Å². The van der Waals surface area contributed by atoms with Gasteiger partial charge in [-0.2, -0.15) is 0 Å². The maximum Gasteiger partial charge on any atom is 0.0931 e. The first kappa shape index (κ1) is 12.9. The van der Waals surface area contributed by atoms with Crippen molar-refractivity contribution < 1.29 is 0 Å². The normalized spacial score (nSPS) is 12.8. The first-order valence-electron chi connectivity index (χ1n) is 5.26. The number of halogens is 2. The van der Waals surface area contributed by atoms with Gasteiger partial charge in [0.25, 0.3) is 0 Å². The Morgan fingerprint density at radius 3 is 2.41 bits per heavy atom. The first-order valence-corrected chi connectivity index (χ1v) is 6.83. The molecule has 2 aromatic rings. The van der Waals surface area contributed by atoms with Gasteiger partial charge in [0.1, 0.15) is 0 Å². The third-order valence-electron chi connectivity index (χ3n) is 2.78. The highest BCUT2D eigenvalue weighted by atomic mass is 35.5. The minimum Gasteiger partial charge on any atom is -0.320 e. The largest absolute Gasteiger partial charge is 0.320 e. The van der Waals surface area contributed by atoms with Crippen LogP contribution in [0.2, 0.25) is 9.36 Å². The zero-order valence-corrected chi connectivity index (χ0v) is 12.0. The van der Waals surface area contributed by atoms with Crippen molar-refractivity contribution in [1.29, 1.82) is 0 Å². The summed E-state index contributed by atoms with van der Waals surface area (Å²) in [7, 11) is 0. The van der Waals surface area contributed by atoms with Gasteiger partial charge in [-0.1, -0.05) is 29.3 Å². The van der Waals surface area contributed by atoms with Crippen molar-refractivity contribution in [2.24, 2.45) is 5.73 Å². The highest BCUT2D eigenvalue weighted by molar-refractivity contribution is 7.16. The Labute approximate surface area is 115 Å². The molecule has 1 atom stereocenters. The molecule has 1 heterocycles. The molecule has 1 aromatic heterocycles. The van der Waals surface area contributed by atoms with Gasteiger partial charge in [0, 0.05) is 9.90 Å². The first-order chi connectivity index (χ1) is 7.99. The number of aryl methyl sites for hydroxylation is 2. The average Bonchev–Trinajstić information content (AvgIpc) is 2.69. The van der Waals surface area contributed by atoms with Crippen LogP contribution in [0.25, 0.3) is 0 Å². The van der Waals surface area contributed by atoms with E-state index in [1.165, 1.54) is 11.3 Å². The molecule has 0 aliphatic carbocycles. The van der Waals surface area contributed by atoms with Gasteiger partial charge >= 0.3 is 0 Å². The fraction of sp³-hybridized carbons (Fsp3) is 0.231. The monoisotopic (exact) mass is 285 g/mol. The third-order valence-corrected chi connectivity index (χ3v) is 4.50. The lowest BCUT2D eigenvalue weighted by atomic mass is 9.98. The van der Waals surface area contributed by atoms with Crippen LogP contribution >= 0.6 is 34.5 Å². The van der Waals surface area contributed by atoms with E-state index in [9.17, 15) is 0 Å². The van der Waals surface area contributed by atoms with Crippen molar-refractivity contribution in [3.8, 4) is 0 Å². The quantitative estimate of drug-likeness (QED) is 0.849. The molecule has 0 aliphatic rings. The Morgan fingerprint density at radius 2 is 1.82 bits per heavy atom. The smallest absolute Gasteiger partial charge is 0.0931 e. The van der Waals surface area contributed by atoms with Gasteiger partial charge in [-0.15, -0.1) is 11.3 Å². The summed E-state index contributed by atoms with van der Waals surface area (Å²) in [6.07, 6.45) is 0. The van der Waals surface area contributed by atoms with Crippen LogP contribution in [0, 0.1) is 13.8 Å². The summed E-state index contributed by atoms with van der Waals surface area (Å²) < 4.78 is 0.763. The van der Waals surface area contributed by atoms with Crippen molar-refractivity contribution >= 4 is 34.5 Å². The number of hydrogen-bond acceptors (Lipinski definition) is 2. The molecule has 90 valence electrons. The lowest BCUT2D eigenvalue weighted by Gasteiger charge is -2.15. The maximum absolute atomic E-state index is 6.26. The Bertz CT molecular complexity index is 548. The van der Waals surface area contributed by atoms with Crippen molar-refractivity contribution in [1.82, 2.24) is 0 Å². The predicted octanol–water partition coefficient (Wildman–Crippen LogP) is 4.72. The summed E-state index contributed by atoms with van der Waals surface area (Å²) in [5, 5.41) is 0.780. The van der Waals surface area contributed by atoms with Crippen LogP contribution in [-0.4, -0.2) is 0 Å². The molecule has 0 saturated carbocycles. The third kappa shape index (κ3) is 2.66. The van der Waals surface area contributed by atoms with Crippen LogP contribution in [0.15, 0.2) is 24.3 Å². The van der Waals surface area contributed by atoms with Crippen LogP contribution < -0.4 is 5.73 Å². The zero-order chi connectivity index (χ0) is 12.6. The lowest BCUT2D eigenvalue weighted by Crippen LogP contribution is -2.12. The summed E-state index contributed by atoms with van der Waals surface area (Å²) in [5.41, 5.74) is 9.52. The SMILES string of the molecule is Cc1cc(C(N)c2ccc(Cl)s2)c(C)cc1Cl. The Morgan fingerprint density at radius 1 is 1.12 bits per heavy atom. The number of hydrogen-bond donors (Lipinski definition) is 1. The second-order valence-corrected chi connectivity index (χ2v) is 6.23. The van der Waals surface area contributed by atoms with E-state index < -0.39 is 0 Å². The number of rotatable bonds is 2. The van der Waals surface area contributed by atoms with Gasteiger partial charge in [0.2, 0.25) is 0 Å². The van der Waals surface area contributed by atoms with Gasteiger partial charge < -0.3 is 5.73 Å². The second-order valence-electron chi connectivity index (χ2n) is 4.08. The molecule has 0 aliphatic heterocycles. The molecule has 0 fully saturated rings. The van der Waals surface area contributed by atoms with Crippen LogP contribution in [-0.2, 0) is 0 Å². The molecule has 4 heteroatoms. The summed E-state index contributed by atoms with van der Waals surface area (Å²) in [6, 6.07) is 7.72. The Hall–Kier alpha value is -0.540. The molecule has 0 radical (unpaired) electrons. The Balaban J connectivity index is 2.43. The lowest BCUT2D eigenvalue weighted by molar-refractivity contribution is 0.880. The molecule has 2 rings (SSSR count). The van der Waals surface area contributed by atoms with E-state index in [0.717, 1.165) is 30.9 Å². The zero-order valence-electron chi connectivity index (χ0n) is 9.63. The highest BCUT2D eigenvalue weighted by Crippen LogP contribution is 2.32. The topological polar surface area (TPSA) is 26.0 Å². The van der Waals surface area contributed by atoms with Gasteiger partial charge in [-0.3, -0.25) is 0 Å². The molecule has 0 bridgehead atoms. The van der Waals surface area contributed by atoms with Crippen LogP contribution in [0.3, 0.4) is 0 Å². The Kier molecular flexibility index (Phi) is 3.79. The molecule has 1 aromatic carbocycles. The molecular formula is C13H13Cl2NS. The highest BCUT2D eigenvalue weighted by Gasteiger charge is 2.14. The van der Waals surface area contributed by atoms with E-state index in [1.807, 2.05) is 32.0 Å². The molecule has 2 N–H and O–H groups in total. The van der Waals surface area contributed by atoms with Crippen molar-refractivity contribution in [3.05, 3.63) is 55.2 Å². The van der Waals surface area contributed by atoms with Crippen molar-refractivity contribution in [2.75, 3.05) is 0 Å². The predicted molar refractivity (Wildman–Crippen MR) is 76.3 cm³/mol. The minimum atomic E-state index is -0.136. The second kappa shape index (κ2) is 4.99. The molecule has 1 nitrogen and oxygen atoms in total. The summed E-state index contributed by atoms with van der Waals surface area (Å²) in [6.45, 7) is 4.01. The maximum atomic E-state index is 6.26. The number of benzene rings is 1. The van der Waals surface area contributed by atoms with Gasteiger partial charge in [-0.05, 0) is 48.7 Å². The molecular weight excluding hydrogens is 273 g/mol. The minimum absolute atomic E-state index is 0.136. The molecule has 0 saturated heterocycles. The van der Waals surface area contributed by atoms with Crippen LogP contribution in [0.1, 0.15) is 27.6 Å². The summed E-state index contributed by atoms with van der Waals surface area (Å²) in [5.74, 6) is 0. The average molecular weight is 286 g/mol. The summed E-state index contributed by atoms with van der Waals surface area (Å²) in [4.78, 5) is 1.07. The van der Waals surface area contributed by atoms with Crippen LogP contribution in [0.4, 0.5) is 0 Å². The number of nitrogens with two attached hydrogens (primary N) is 1. The van der Waals surface area contributed by atoms with Gasteiger partial charge in [0.05, 0.1) is 10.4 Å². The fourth-order valence-corrected chi connectivity index (χ4v) is 3.09. The van der Waals surface area contributed by atoms with E-state index >= 15 is 0 Å². The van der Waals surface area contributed by atoms with Gasteiger partial charge in [0.15, 0.2) is 0 Å². The van der Waals surface area contributed by atoms with Crippen molar-refractivity contribution in [3.63, 3.8) is 0 Å². The number of thiophene rings is 1. The van der Waals surface area contributed by atoms with Crippen molar-refractivity contribution in [2.45, 2.75) is 19.9 Å². The standard InChI is InChI=1S/C13H13Cl2NS/c1-7-6-10(14)8(2)5-9(7)13(16)11-3-4-12(15)17-11/h3-6,13H,16H2,1-2H3. The van der Waals surface area contributed by atoms with Gasteiger partial charge in [-0.25, -0.2) is 0 Å². The van der Waals surface area contributed by atoms with E-state index in [4.69, 9.17) is 28.9 Å². The van der Waals surface area contributed by atoms with E-state index in [0.29, 0.717) is 0 Å². The molecule has 0 amide bonds. The van der Waals surface area contributed by atoms with E-state index in [-0.39, 0.29) is 6.04 Å². The molecule has 17 heavy (non-hydrogen) atoms.